The molecule has 0 radical (unpaired) electrons. The number of nitrogens with zero attached hydrogens (tertiary/aromatic N) is 2. The van der Waals surface area contributed by atoms with Crippen molar-refractivity contribution in [2.24, 2.45) is 0 Å². The zero-order valence-electron chi connectivity index (χ0n) is 19.9. The highest BCUT2D eigenvalue weighted by atomic mass is 32.2. The number of furan rings is 1. The SMILES string of the molecule is CC(C)N(C(=O)c1cccc(-c2ccnc3cc(-c4ccc(S(C)(=O)=O)cc4)oc23)c1)C(C)C. The van der Waals surface area contributed by atoms with E-state index in [1.165, 1.54) is 6.26 Å². The van der Waals surface area contributed by atoms with Crippen LogP contribution in [0.4, 0.5) is 0 Å². The van der Waals surface area contributed by atoms with Gasteiger partial charge in [0, 0.05) is 47.3 Å². The molecule has 2 aromatic carbocycles. The Hall–Kier alpha value is -3.45. The highest BCUT2D eigenvalue weighted by molar-refractivity contribution is 7.90. The Morgan fingerprint density at radius 1 is 0.912 bits per heavy atom. The van der Waals surface area contributed by atoms with E-state index in [1.807, 2.05) is 69.0 Å². The summed E-state index contributed by atoms with van der Waals surface area (Å²) >= 11 is 0. The third kappa shape index (κ3) is 4.61. The van der Waals surface area contributed by atoms with Gasteiger partial charge in [0.05, 0.1) is 4.90 Å². The molecule has 4 rings (SSSR count). The number of pyridine rings is 1. The summed E-state index contributed by atoms with van der Waals surface area (Å²) in [6, 6.07) is 18.0. The van der Waals surface area contributed by atoms with Gasteiger partial charge in [0.2, 0.25) is 0 Å². The summed E-state index contributed by atoms with van der Waals surface area (Å²) in [7, 11) is -3.27. The van der Waals surface area contributed by atoms with Crippen molar-refractivity contribution in [3.63, 3.8) is 0 Å². The quantitative estimate of drug-likeness (QED) is 0.350. The summed E-state index contributed by atoms with van der Waals surface area (Å²) in [6.07, 6.45) is 2.90. The van der Waals surface area contributed by atoms with Gasteiger partial charge in [-0.2, -0.15) is 0 Å². The largest absolute Gasteiger partial charge is 0.454 e. The lowest BCUT2D eigenvalue weighted by molar-refractivity contribution is 0.0643. The number of aromatic nitrogens is 1. The number of hydrogen-bond acceptors (Lipinski definition) is 5. The first-order chi connectivity index (χ1) is 16.1. The monoisotopic (exact) mass is 476 g/mol. The van der Waals surface area contributed by atoms with Crippen LogP contribution in [0.1, 0.15) is 38.1 Å². The highest BCUT2D eigenvalue weighted by Crippen LogP contribution is 2.34. The van der Waals surface area contributed by atoms with E-state index in [-0.39, 0.29) is 22.9 Å². The Morgan fingerprint density at radius 3 is 2.21 bits per heavy atom. The van der Waals surface area contributed by atoms with Crippen molar-refractivity contribution in [1.82, 2.24) is 9.88 Å². The molecule has 4 aromatic rings. The lowest BCUT2D eigenvalue weighted by atomic mass is 10.0. The maximum Gasteiger partial charge on any atom is 0.254 e. The van der Waals surface area contributed by atoms with Crippen molar-refractivity contribution in [3.05, 3.63) is 72.4 Å². The summed E-state index contributed by atoms with van der Waals surface area (Å²) in [6.45, 7) is 8.06. The second-order valence-corrected chi connectivity index (χ2v) is 11.0. The van der Waals surface area contributed by atoms with Crippen LogP contribution in [0, 0.1) is 0 Å². The van der Waals surface area contributed by atoms with E-state index < -0.39 is 9.84 Å². The highest BCUT2D eigenvalue weighted by Gasteiger charge is 2.22. The number of carbonyl (C=O) groups excluding carboxylic acids is 1. The van der Waals surface area contributed by atoms with Crippen LogP contribution in [-0.2, 0) is 9.84 Å². The van der Waals surface area contributed by atoms with E-state index in [2.05, 4.69) is 4.98 Å². The van der Waals surface area contributed by atoms with Crippen LogP contribution in [0.5, 0.6) is 0 Å². The molecular formula is C27H28N2O4S. The molecule has 2 heterocycles. The van der Waals surface area contributed by atoms with Gasteiger partial charge in [-0.15, -0.1) is 0 Å². The lowest BCUT2D eigenvalue weighted by Crippen LogP contribution is -2.42. The first-order valence-corrected chi connectivity index (χ1v) is 13.1. The summed E-state index contributed by atoms with van der Waals surface area (Å²) in [5, 5.41) is 0. The Labute approximate surface area is 200 Å². The maximum absolute atomic E-state index is 13.2. The predicted molar refractivity (Wildman–Crippen MR) is 134 cm³/mol. The number of rotatable bonds is 6. The molecule has 0 aliphatic carbocycles. The molecule has 0 unspecified atom stereocenters. The number of benzene rings is 2. The van der Waals surface area contributed by atoms with Crippen molar-refractivity contribution < 1.29 is 17.6 Å². The average Bonchev–Trinajstić information content (AvgIpc) is 3.22. The number of amides is 1. The van der Waals surface area contributed by atoms with Crippen LogP contribution < -0.4 is 0 Å². The average molecular weight is 477 g/mol. The molecule has 0 spiro atoms. The van der Waals surface area contributed by atoms with Crippen molar-refractivity contribution >= 4 is 26.8 Å². The molecule has 0 aliphatic heterocycles. The van der Waals surface area contributed by atoms with Gasteiger partial charge >= 0.3 is 0 Å². The molecule has 0 fully saturated rings. The maximum atomic E-state index is 13.2. The van der Waals surface area contributed by atoms with Gasteiger partial charge in [-0.25, -0.2) is 8.42 Å². The fourth-order valence-electron chi connectivity index (χ4n) is 4.21. The zero-order chi connectivity index (χ0) is 24.6. The van der Waals surface area contributed by atoms with Gasteiger partial charge in [0.1, 0.15) is 11.3 Å². The summed E-state index contributed by atoms with van der Waals surface area (Å²) in [4.78, 5) is 19.8. The fraction of sp³-hybridized carbons (Fsp3) is 0.259. The predicted octanol–water partition coefficient (Wildman–Crippen LogP) is 5.82. The minimum Gasteiger partial charge on any atom is -0.454 e. The van der Waals surface area contributed by atoms with Gasteiger partial charge in [0.15, 0.2) is 15.4 Å². The molecule has 0 N–H and O–H groups in total. The Morgan fingerprint density at radius 2 is 1.59 bits per heavy atom. The molecule has 7 heteroatoms. The molecule has 6 nitrogen and oxygen atoms in total. The van der Waals surface area contributed by atoms with Gasteiger partial charge in [-0.05, 0) is 75.7 Å². The molecule has 0 saturated carbocycles. The van der Waals surface area contributed by atoms with Crippen LogP contribution in [-0.4, -0.2) is 42.5 Å². The van der Waals surface area contributed by atoms with E-state index >= 15 is 0 Å². The Balaban J connectivity index is 1.74. The van der Waals surface area contributed by atoms with Crippen LogP contribution in [0.2, 0.25) is 0 Å². The molecule has 0 atom stereocenters. The summed E-state index contributed by atoms with van der Waals surface area (Å²) < 4.78 is 29.7. The van der Waals surface area contributed by atoms with Crippen molar-refractivity contribution in [2.45, 2.75) is 44.7 Å². The fourth-order valence-corrected chi connectivity index (χ4v) is 4.84. The third-order valence-electron chi connectivity index (χ3n) is 5.75. The molecule has 0 saturated heterocycles. The topological polar surface area (TPSA) is 80.5 Å². The van der Waals surface area contributed by atoms with E-state index in [4.69, 9.17) is 4.42 Å². The van der Waals surface area contributed by atoms with Crippen LogP contribution in [0.3, 0.4) is 0 Å². The van der Waals surface area contributed by atoms with Gasteiger partial charge in [-0.3, -0.25) is 9.78 Å². The summed E-state index contributed by atoms with van der Waals surface area (Å²) in [5.74, 6) is 0.580. The molecule has 34 heavy (non-hydrogen) atoms. The normalized spacial score (nSPS) is 12.0. The molecule has 0 bridgehead atoms. The standard InChI is InChI=1S/C27H28N2O4S/c1-17(2)29(18(3)4)27(30)21-8-6-7-20(15-21)23-13-14-28-24-16-25(33-26(23)24)19-9-11-22(12-10-19)34(5,31)32/h6-18H,1-5H3. The Kier molecular flexibility index (Phi) is 6.32. The first kappa shape index (κ1) is 23.7. The third-order valence-corrected chi connectivity index (χ3v) is 6.88. The second kappa shape index (κ2) is 9.06. The van der Waals surface area contributed by atoms with Crippen molar-refractivity contribution in [1.29, 1.82) is 0 Å². The molecule has 176 valence electrons. The minimum absolute atomic E-state index is 0.0109. The lowest BCUT2D eigenvalue weighted by Gasteiger charge is -2.31. The number of fused-ring (bicyclic) bond motifs is 1. The van der Waals surface area contributed by atoms with Crippen molar-refractivity contribution in [3.8, 4) is 22.5 Å². The number of carbonyl (C=O) groups is 1. The molecule has 2 aromatic heterocycles. The van der Waals surface area contributed by atoms with Crippen LogP contribution in [0.15, 0.2) is 76.2 Å². The summed E-state index contributed by atoms with van der Waals surface area (Å²) in [5.41, 5.74) is 4.36. The number of hydrogen-bond donors (Lipinski definition) is 0. The van der Waals surface area contributed by atoms with E-state index in [0.29, 0.717) is 22.4 Å². The molecular weight excluding hydrogens is 448 g/mol. The molecule has 0 aliphatic rings. The smallest absolute Gasteiger partial charge is 0.254 e. The number of sulfone groups is 1. The zero-order valence-corrected chi connectivity index (χ0v) is 20.8. The van der Waals surface area contributed by atoms with E-state index in [9.17, 15) is 13.2 Å². The van der Waals surface area contributed by atoms with E-state index in [1.54, 1.807) is 30.5 Å². The van der Waals surface area contributed by atoms with Crippen LogP contribution >= 0.6 is 0 Å². The van der Waals surface area contributed by atoms with E-state index in [0.717, 1.165) is 16.7 Å². The Bertz CT molecular complexity index is 1440. The van der Waals surface area contributed by atoms with Crippen LogP contribution in [0.25, 0.3) is 33.6 Å². The molecule has 1 amide bonds. The second-order valence-electron chi connectivity index (χ2n) is 8.96. The van der Waals surface area contributed by atoms with Gasteiger partial charge in [-0.1, -0.05) is 12.1 Å². The van der Waals surface area contributed by atoms with Crippen molar-refractivity contribution in [2.75, 3.05) is 6.26 Å². The van der Waals surface area contributed by atoms with Gasteiger partial charge < -0.3 is 9.32 Å². The van der Waals surface area contributed by atoms with Gasteiger partial charge in [0.25, 0.3) is 5.91 Å². The first-order valence-electron chi connectivity index (χ1n) is 11.2. The minimum atomic E-state index is -3.27.